The van der Waals surface area contributed by atoms with Gasteiger partial charge in [0.05, 0.1) is 5.75 Å². The van der Waals surface area contributed by atoms with Crippen LogP contribution >= 0.6 is 12.4 Å². The summed E-state index contributed by atoms with van der Waals surface area (Å²) < 4.78 is 30.4. The van der Waals surface area contributed by atoms with Crippen molar-refractivity contribution in [2.45, 2.75) is 32.2 Å². The quantitative estimate of drug-likeness (QED) is 0.738. The van der Waals surface area contributed by atoms with E-state index in [0.717, 1.165) is 12.8 Å². The summed E-state index contributed by atoms with van der Waals surface area (Å²) >= 11 is 0. The van der Waals surface area contributed by atoms with Gasteiger partial charge in [-0.15, -0.1) is 12.4 Å². The predicted octanol–water partition coefficient (Wildman–Crippen LogP) is 0.834. The molecule has 0 amide bonds. The van der Waals surface area contributed by atoms with Gasteiger partial charge in [0.15, 0.2) is 0 Å². The third-order valence-corrected chi connectivity index (χ3v) is 5.34. The van der Waals surface area contributed by atoms with E-state index in [1.54, 1.807) is 11.4 Å². The van der Waals surface area contributed by atoms with E-state index in [1.807, 2.05) is 6.92 Å². The van der Waals surface area contributed by atoms with E-state index in [0.29, 0.717) is 32.0 Å². The van der Waals surface area contributed by atoms with Crippen molar-refractivity contribution in [3.8, 4) is 0 Å². The van der Waals surface area contributed by atoms with E-state index < -0.39 is 10.0 Å². The van der Waals surface area contributed by atoms with Gasteiger partial charge >= 0.3 is 0 Å². The molecule has 0 aromatic rings. The highest BCUT2D eigenvalue weighted by atomic mass is 35.5. The molecule has 0 aliphatic carbocycles. The summed E-state index contributed by atoms with van der Waals surface area (Å²) in [5.74, 6) is 0.643. The number of hydrogen-bond donors (Lipinski definition) is 1. The van der Waals surface area contributed by atoms with E-state index in [4.69, 9.17) is 10.5 Å². The molecule has 0 saturated carbocycles. The Morgan fingerprint density at radius 3 is 2.39 bits per heavy atom. The first-order valence-electron chi connectivity index (χ1n) is 6.19. The van der Waals surface area contributed by atoms with Crippen LogP contribution in [0.25, 0.3) is 0 Å². The molecule has 18 heavy (non-hydrogen) atoms. The maximum absolute atomic E-state index is 12.0. The minimum absolute atomic E-state index is 0. The number of sulfonamides is 1. The zero-order valence-electron chi connectivity index (χ0n) is 11.2. The van der Waals surface area contributed by atoms with Gasteiger partial charge in [0, 0.05) is 32.8 Å². The SMILES string of the molecule is COCCCS(=O)(=O)N1CCC(C(C)N)CC1.Cl. The summed E-state index contributed by atoms with van der Waals surface area (Å²) in [4.78, 5) is 0. The van der Waals surface area contributed by atoms with E-state index in [9.17, 15) is 8.42 Å². The number of nitrogens with two attached hydrogens (primary N) is 1. The van der Waals surface area contributed by atoms with Crippen molar-refractivity contribution in [3.63, 3.8) is 0 Å². The molecule has 2 N–H and O–H groups in total. The van der Waals surface area contributed by atoms with Gasteiger partial charge in [-0.2, -0.15) is 0 Å². The molecule has 1 rings (SSSR count). The fourth-order valence-corrected chi connectivity index (χ4v) is 3.70. The number of hydrogen-bond acceptors (Lipinski definition) is 4. The fraction of sp³-hybridized carbons (Fsp3) is 1.00. The second-order valence-electron chi connectivity index (χ2n) is 4.76. The van der Waals surface area contributed by atoms with Gasteiger partial charge in [-0.3, -0.25) is 0 Å². The number of ether oxygens (including phenoxy) is 1. The third kappa shape index (κ3) is 5.40. The molecule has 7 heteroatoms. The lowest BCUT2D eigenvalue weighted by Crippen LogP contribution is -2.43. The highest BCUT2D eigenvalue weighted by Crippen LogP contribution is 2.21. The number of nitrogens with zero attached hydrogens (tertiary/aromatic N) is 1. The molecule has 1 unspecified atom stereocenters. The van der Waals surface area contributed by atoms with Crippen LogP contribution in [0.2, 0.25) is 0 Å². The molecular weight excluding hydrogens is 276 g/mol. The average Bonchev–Trinajstić information content (AvgIpc) is 2.29. The summed E-state index contributed by atoms with van der Waals surface area (Å²) in [5, 5.41) is 0. The zero-order chi connectivity index (χ0) is 12.9. The normalized spacial score (nSPS) is 20.4. The second-order valence-corrected chi connectivity index (χ2v) is 6.85. The molecule has 1 aliphatic heterocycles. The molecule has 0 aromatic heterocycles. The van der Waals surface area contributed by atoms with E-state index in [1.165, 1.54) is 0 Å². The summed E-state index contributed by atoms with van der Waals surface area (Å²) in [6.45, 7) is 3.71. The molecule has 5 nitrogen and oxygen atoms in total. The van der Waals surface area contributed by atoms with Crippen molar-refractivity contribution in [2.24, 2.45) is 11.7 Å². The molecule has 0 spiro atoms. The molecule has 1 aliphatic rings. The predicted molar refractivity (Wildman–Crippen MR) is 75.5 cm³/mol. The van der Waals surface area contributed by atoms with Crippen molar-refractivity contribution in [2.75, 3.05) is 32.6 Å². The summed E-state index contributed by atoms with van der Waals surface area (Å²) in [5.41, 5.74) is 5.84. The molecule has 1 fully saturated rings. The van der Waals surface area contributed by atoms with Crippen molar-refractivity contribution in [1.29, 1.82) is 0 Å². The summed E-state index contributed by atoms with van der Waals surface area (Å²) in [7, 11) is -1.51. The standard InChI is InChI=1S/C11H24N2O3S.ClH/c1-10(12)11-4-6-13(7-5-11)17(14,15)9-3-8-16-2;/h10-11H,3-9,12H2,1-2H3;1H. The molecular formula is C11H25ClN2O3S. The maximum atomic E-state index is 12.0. The van der Waals surface area contributed by atoms with Gasteiger partial charge < -0.3 is 10.5 Å². The van der Waals surface area contributed by atoms with Crippen molar-refractivity contribution >= 4 is 22.4 Å². The first-order valence-corrected chi connectivity index (χ1v) is 7.80. The van der Waals surface area contributed by atoms with Crippen LogP contribution in [0.5, 0.6) is 0 Å². The number of piperidine rings is 1. The van der Waals surface area contributed by atoms with E-state index >= 15 is 0 Å². The topological polar surface area (TPSA) is 72.6 Å². The Morgan fingerprint density at radius 1 is 1.39 bits per heavy atom. The monoisotopic (exact) mass is 300 g/mol. The highest BCUT2D eigenvalue weighted by molar-refractivity contribution is 7.89. The molecule has 0 aromatic carbocycles. The third-order valence-electron chi connectivity index (χ3n) is 3.39. The fourth-order valence-electron chi connectivity index (χ4n) is 2.19. The molecule has 0 radical (unpaired) electrons. The number of halogens is 1. The first-order chi connectivity index (χ1) is 7.97. The lowest BCUT2D eigenvalue weighted by Gasteiger charge is -2.32. The minimum atomic E-state index is -3.09. The smallest absolute Gasteiger partial charge is 0.214 e. The summed E-state index contributed by atoms with van der Waals surface area (Å²) in [6, 6.07) is 0.161. The molecule has 0 bridgehead atoms. The van der Waals surface area contributed by atoms with Crippen LogP contribution in [0.1, 0.15) is 26.2 Å². The molecule has 1 heterocycles. The number of methoxy groups -OCH3 is 1. The Kier molecular flexibility index (Phi) is 8.38. The van der Waals surface area contributed by atoms with Gasteiger partial charge in [-0.25, -0.2) is 12.7 Å². The number of rotatable bonds is 6. The van der Waals surface area contributed by atoms with Crippen molar-refractivity contribution < 1.29 is 13.2 Å². The summed E-state index contributed by atoms with van der Waals surface area (Å²) in [6.07, 6.45) is 2.31. The van der Waals surface area contributed by atoms with Crippen LogP contribution in [0, 0.1) is 5.92 Å². The van der Waals surface area contributed by atoms with Gasteiger partial charge in [0.2, 0.25) is 10.0 Å². The minimum Gasteiger partial charge on any atom is -0.385 e. The Bertz CT molecular complexity index is 314. The lowest BCUT2D eigenvalue weighted by atomic mass is 9.92. The molecule has 110 valence electrons. The lowest BCUT2D eigenvalue weighted by molar-refractivity contribution is 0.198. The Labute approximate surface area is 117 Å². The van der Waals surface area contributed by atoms with E-state index in [2.05, 4.69) is 0 Å². The van der Waals surface area contributed by atoms with Crippen molar-refractivity contribution in [1.82, 2.24) is 4.31 Å². The van der Waals surface area contributed by atoms with Gasteiger partial charge in [-0.05, 0) is 32.1 Å². The zero-order valence-corrected chi connectivity index (χ0v) is 12.8. The highest BCUT2D eigenvalue weighted by Gasteiger charge is 2.28. The Balaban J connectivity index is 0.00000289. The second kappa shape index (κ2) is 8.32. The van der Waals surface area contributed by atoms with Crippen LogP contribution in [0.3, 0.4) is 0 Å². The van der Waals surface area contributed by atoms with Crippen LogP contribution in [-0.2, 0) is 14.8 Å². The maximum Gasteiger partial charge on any atom is 0.214 e. The van der Waals surface area contributed by atoms with Crippen LogP contribution in [0.15, 0.2) is 0 Å². The largest absolute Gasteiger partial charge is 0.385 e. The van der Waals surface area contributed by atoms with E-state index in [-0.39, 0.29) is 24.2 Å². The van der Waals surface area contributed by atoms with Gasteiger partial charge in [0.1, 0.15) is 0 Å². The molecule has 1 saturated heterocycles. The Morgan fingerprint density at radius 2 is 1.94 bits per heavy atom. The Hall–Kier alpha value is 0.120. The van der Waals surface area contributed by atoms with Gasteiger partial charge in [-0.1, -0.05) is 0 Å². The van der Waals surface area contributed by atoms with Crippen LogP contribution in [0.4, 0.5) is 0 Å². The van der Waals surface area contributed by atoms with Crippen LogP contribution < -0.4 is 5.73 Å². The van der Waals surface area contributed by atoms with Crippen LogP contribution in [-0.4, -0.2) is 51.3 Å². The average molecular weight is 301 g/mol. The first kappa shape index (κ1) is 18.1. The molecule has 1 atom stereocenters. The van der Waals surface area contributed by atoms with Crippen molar-refractivity contribution in [3.05, 3.63) is 0 Å². The van der Waals surface area contributed by atoms with Gasteiger partial charge in [0.25, 0.3) is 0 Å².